The van der Waals surface area contributed by atoms with Crippen molar-refractivity contribution in [2.75, 3.05) is 7.11 Å². The number of aromatic hydroxyl groups is 1. The Hall–Kier alpha value is -2.01. The molecule has 0 aliphatic carbocycles. The van der Waals surface area contributed by atoms with Crippen LogP contribution in [-0.2, 0) is 11.2 Å². The fourth-order valence-corrected chi connectivity index (χ4v) is 2.66. The number of aliphatic carboxylic acids is 1. The van der Waals surface area contributed by atoms with E-state index >= 15 is 0 Å². The lowest BCUT2D eigenvalue weighted by molar-refractivity contribution is -0.138. The Kier molecular flexibility index (Phi) is 4.85. The SMILES string of the molecule is COc1cc(CC(C(=O)O)c2ccccc2)cc(Br)c1O. The maximum Gasteiger partial charge on any atom is 0.311 e. The molecule has 1 atom stereocenters. The second-order valence-electron chi connectivity index (χ2n) is 4.63. The van der Waals surface area contributed by atoms with E-state index in [0.29, 0.717) is 16.6 Å². The van der Waals surface area contributed by atoms with E-state index in [-0.39, 0.29) is 5.75 Å². The summed E-state index contributed by atoms with van der Waals surface area (Å²) in [6.45, 7) is 0. The van der Waals surface area contributed by atoms with Gasteiger partial charge in [0.2, 0.25) is 0 Å². The molecule has 0 spiro atoms. The van der Waals surface area contributed by atoms with Gasteiger partial charge in [0.15, 0.2) is 11.5 Å². The van der Waals surface area contributed by atoms with Crippen LogP contribution in [0.25, 0.3) is 0 Å². The molecule has 110 valence electrons. The maximum absolute atomic E-state index is 11.5. The highest BCUT2D eigenvalue weighted by Gasteiger charge is 2.21. The lowest BCUT2D eigenvalue weighted by Crippen LogP contribution is -2.14. The molecule has 5 heteroatoms. The topological polar surface area (TPSA) is 66.8 Å². The summed E-state index contributed by atoms with van der Waals surface area (Å²) < 4.78 is 5.57. The summed E-state index contributed by atoms with van der Waals surface area (Å²) in [5, 5.41) is 19.2. The second kappa shape index (κ2) is 6.63. The number of hydrogen-bond donors (Lipinski definition) is 2. The van der Waals surface area contributed by atoms with E-state index in [1.165, 1.54) is 7.11 Å². The van der Waals surface area contributed by atoms with E-state index in [9.17, 15) is 15.0 Å². The van der Waals surface area contributed by atoms with Crippen LogP contribution in [0.15, 0.2) is 46.9 Å². The molecule has 0 aliphatic heterocycles. The number of phenolic OH excluding ortho intramolecular Hbond substituents is 1. The molecule has 2 aromatic carbocycles. The van der Waals surface area contributed by atoms with Crippen LogP contribution in [0.3, 0.4) is 0 Å². The fourth-order valence-electron chi connectivity index (χ4n) is 2.17. The Bertz CT molecular complexity index is 640. The van der Waals surface area contributed by atoms with E-state index in [4.69, 9.17) is 4.74 Å². The zero-order valence-electron chi connectivity index (χ0n) is 11.4. The summed E-state index contributed by atoms with van der Waals surface area (Å²) >= 11 is 3.24. The quantitative estimate of drug-likeness (QED) is 0.864. The molecule has 0 saturated heterocycles. The third kappa shape index (κ3) is 3.55. The van der Waals surface area contributed by atoms with Gasteiger partial charge in [-0.2, -0.15) is 0 Å². The summed E-state index contributed by atoms with van der Waals surface area (Å²) in [4.78, 5) is 11.5. The maximum atomic E-state index is 11.5. The van der Waals surface area contributed by atoms with Gasteiger partial charge in [-0.1, -0.05) is 30.3 Å². The van der Waals surface area contributed by atoms with Gasteiger partial charge >= 0.3 is 5.97 Å². The van der Waals surface area contributed by atoms with Crippen LogP contribution in [-0.4, -0.2) is 23.3 Å². The molecule has 0 aromatic heterocycles. The van der Waals surface area contributed by atoms with Gasteiger partial charge in [0.05, 0.1) is 17.5 Å². The molecule has 0 saturated carbocycles. The molecule has 2 aromatic rings. The summed E-state index contributed by atoms with van der Waals surface area (Å²) in [5.74, 6) is -1.21. The molecule has 21 heavy (non-hydrogen) atoms. The van der Waals surface area contributed by atoms with E-state index in [2.05, 4.69) is 15.9 Å². The number of hydrogen-bond acceptors (Lipinski definition) is 3. The van der Waals surface area contributed by atoms with Gasteiger partial charge < -0.3 is 14.9 Å². The Balaban J connectivity index is 2.34. The molecule has 0 bridgehead atoms. The standard InChI is InChI=1S/C16H15BrO4/c1-21-14-9-10(8-13(17)15(14)18)7-12(16(19)20)11-5-3-2-4-6-11/h2-6,8-9,12,18H,7H2,1H3,(H,19,20). The monoisotopic (exact) mass is 350 g/mol. The largest absolute Gasteiger partial charge is 0.503 e. The van der Waals surface area contributed by atoms with Gasteiger partial charge in [-0.25, -0.2) is 0 Å². The third-order valence-corrected chi connectivity index (χ3v) is 3.85. The first-order chi connectivity index (χ1) is 10.0. The molecule has 0 aliphatic rings. The van der Waals surface area contributed by atoms with Crippen molar-refractivity contribution in [3.63, 3.8) is 0 Å². The molecular weight excluding hydrogens is 336 g/mol. The first kappa shape index (κ1) is 15.4. The number of ether oxygens (including phenoxy) is 1. The van der Waals surface area contributed by atoms with Crippen LogP contribution < -0.4 is 4.74 Å². The molecular formula is C16H15BrO4. The Morgan fingerprint density at radius 2 is 1.95 bits per heavy atom. The second-order valence-corrected chi connectivity index (χ2v) is 5.49. The molecule has 0 radical (unpaired) electrons. The Morgan fingerprint density at radius 1 is 1.29 bits per heavy atom. The first-order valence-corrected chi connectivity index (χ1v) is 7.15. The molecule has 0 heterocycles. The number of carbonyl (C=O) groups is 1. The van der Waals surface area contributed by atoms with Crippen molar-refractivity contribution in [2.24, 2.45) is 0 Å². The van der Waals surface area contributed by atoms with Crippen LogP contribution in [0.4, 0.5) is 0 Å². The predicted octanol–water partition coefficient (Wildman–Crippen LogP) is 3.57. The van der Waals surface area contributed by atoms with Crippen molar-refractivity contribution < 1.29 is 19.7 Å². The lowest BCUT2D eigenvalue weighted by atomic mass is 9.92. The fraction of sp³-hybridized carbons (Fsp3) is 0.188. The third-order valence-electron chi connectivity index (χ3n) is 3.25. The van der Waals surface area contributed by atoms with E-state index < -0.39 is 11.9 Å². The van der Waals surface area contributed by atoms with Crippen LogP contribution in [0.2, 0.25) is 0 Å². The van der Waals surface area contributed by atoms with E-state index in [0.717, 1.165) is 11.1 Å². The number of methoxy groups -OCH3 is 1. The normalized spacial score (nSPS) is 11.9. The molecule has 0 amide bonds. The Labute approximate surface area is 131 Å². The average molecular weight is 351 g/mol. The van der Waals surface area contributed by atoms with Crippen molar-refractivity contribution in [1.29, 1.82) is 0 Å². The molecule has 4 nitrogen and oxygen atoms in total. The van der Waals surface area contributed by atoms with Gasteiger partial charge in [0, 0.05) is 0 Å². The van der Waals surface area contributed by atoms with Crippen molar-refractivity contribution >= 4 is 21.9 Å². The average Bonchev–Trinajstić information content (AvgIpc) is 2.48. The predicted molar refractivity (Wildman–Crippen MR) is 82.9 cm³/mol. The summed E-state index contributed by atoms with van der Waals surface area (Å²) in [5.41, 5.74) is 1.51. The number of phenols is 1. The minimum atomic E-state index is -0.885. The van der Waals surface area contributed by atoms with E-state index in [1.54, 1.807) is 24.3 Å². The summed E-state index contributed by atoms with van der Waals surface area (Å²) in [7, 11) is 1.46. The zero-order valence-corrected chi connectivity index (χ0v) is 13.0. The number of halogens is 1. The molecule has 2 rings (SSSR count). The van der Waals surface area contributed by atoms with Crippen molar-refractivity contribution in [3.05, 3.63) is 58.1 Å². The highest BCUT2D eigenvalue weighted by Crippen LogP contribution is 2.36. The van der Waals surface area contributed by atoms with Crippen molar-refractivity contribution in [3.8, 4) is 11.5 Å². The molecule has 2 N–H and O–H groups in total. The molecule has 1 unspecified atom stereocenters. The highest BCUT2D eigenvalue weighted by atomic mass is 79.9. The summed E-state index contributed by atoms with van der Waals surface area (Å²) in [6.07, 6.45) is 0.314. The number of rotatable bonds is 5. The van der Waals surface area contributed by atoms with Crippen LogP contribution >= 0.6 is 15.9 Å². The lowest BCUT2D eigenvalue weighted by Gasteiger charge is -2.14. The van der Waals surface area contributed by atoms with Crippen LogP contribution in [0.5, 0.6) is 11.5 Å². The van der Waals surface area contributed by atoms with Crippen molar-refractivity contribution in [1.82, 2.24) is 0 Å². The van der Waals surface area contributed by atoms with Crippen LogP contribution in [0, 0.1) is 0 Å². The van der Waals surface area contributed by atoms with Gasteiger partial charge in [-0.15, -0.1) is 0 Å². The van der Waals surface area contributed by atoms with Crippen LogP contribution in [0.1, 0.15) is 17.0 Å². The van der Waals surface area contributed by atoms with Gasteiger partial charge in [0.1, 0.15) is 0 Å². The number of carboxylic acids is 1. The van der Waals surface area contributed by atoms with Crippen molar-refractivity contribution in [2.45, 2.75) is 12.3 Å². The zero-order chi connectivity index (χ0) is 15.4. The summed E-state index contributed by atoms with van der Waals surface area (Å²) in [6, 6.07) is 12.4. The minimum Gasteiger partial charge on any atom is -0.503 e. The molecule has 0 fully saturated rings. The number of carboxylic acid groups (broad SMARTS) is 1. The highest BCUT2D eigenvalue weighted by molar-refractivity contribution is 9.10. The Morgan fingerprint density at radius 3 is 2.52 bits per heavy atom. The van der Waals surface area contributed by atoms with Gasteiger partial charge in [-0.3, -0.25) is 4.79 Å². The minimum absolute atomic E-state index is 0.00726. The van der Waals surface area contributed by atoms with Gasteiger partial charge in [0.25, 0.3) is 0 Å². The number of benzene rings is 2. The van der Waals surface area contributed by atoms with E-state index in [1.807, 2.05) is 18.2 Å². The smallest absolute Gasteiger partial charge is 0.311 e. The van der Waals surface area contributed by atoms with Gasteiger partial charge in [-0.05, 0) is 45.6 Å². The first-order valence-electron chi connectivity index (χ1n) is 6.36.